The highest BCUT2D eigenvalue weighted by molar-refractivity contribution is 7.17. The van der Waals surface area contributed by atoms with Crippen molar-refractivity contribution in [1.29, 1.82) is 0 Å². The first kappa shape index (κ1) is 14.1. The summed E-state index contributed by atoms with van der Waals surface area (Å²) in [5.41, 5.74) is -2.00. The van der Waals surface area contributed by atoms with Gasteiger partial charge in [-0.05, 0) is 13.0 Å². The Morgan fingerprint density at radius 2 is 2.19 bits per heavy atom. The van der Waals surface area contributed by atoms with Gasteiger partial charge in [-0.15, -0.1) is 11.3 Å². The third-order valence-electron chi connectivity index (χ3n) is 3.41. The number of halogens is 2. The van der Waals surface area contributed by atoms with Gasteiger partial charge in [0.05, 0.1) is 5.56 Å². The normalized spacial score (nSPS) is 22.1. The predicted molar refractivity (Wildman–Crippen MR) is 76.7 cm³/mol. The molecule has 1 atom stereocenters. The Morgan fingerprint density at radius 3 is 2.90 bits per heavy atom. The van der Waals surface area contributed by atoms with E-state index in [1.54, 1.807) is 17.5 Å². The molecule has 0 spiro atoms. The molecule has 4 nitrogen and oxygen atoms in total. The number of hydrogen-bond donors (Lipinski definition) is 1. The topological polar surface area (TPSA) is 52.9 Å². The first-order chi connectivity index (χ1) is 9.93. The molecule has 3 rings (SSSR count). The maximum absolute atomic E-state index is 13.1. The number of hydrazone groups is 1. The highest BCUT2D eigenvalue weighted by atomic mass is 32.1. The van der Waals surface area contributed by atoms with Crippen molar-refractivity contribution in [2.75, 3.05) is 0 Å². The Kier molecular flexibility index (Phi) is 3.26. The molecule has 2 aromatic rings. The van der Waals surface area contributed by atoms with Crippen molar-refractivity contribution < 1.29 is 18.7 Å². The number of carbonyl (C=O) groups is 1. The lowest BCUT2D eigenvalue weighted by molar-refractivity contribution is -0.164. The van der Waals surface area contributed by atoms with Crippen LogP contribution in [0.1, 0.15) is 23.7 Å². The molecule has 1 aliphatic rings. The van der Waals surface area contributed by atoms with Crippen molar-refractivity contribution in [2.45, 2.75) is 25.5 Å². The molecule has 1 aromatic heterocycles. The number of nitrogens with zero attached hydrogens (tertiary/aromatic N) is 2. The predicted octanol–water partition coefficient (Wildman–Crippen LogP) is 3.08. The van der Waals surface area contributed by atoms with Gasteiger partial charge in [0.25, 0.3) is 12.3 Å². The molecule has 0 saturated carbocycles. The Balaban J connectivity index is 2.05. The SMILES string of the molecule is CC1=NN(C(=O)c2csc3ccccc23)[C@](O)(C(F)F)C1. The molecule has 0 bridgehead atoms. The van der Waals surface area contributed by atoms with E-state index in [0.29, 0.717) is 16.1 Å². The number of carbonyl (C=O) groups excluding carboxylic acids is 1. The van der Waals surface area contributed by atoms with Crippen LogP contribution >= 0.6 is 11.3 Å². The van der Waals surface area contributed by atoms with Crippen LogP contribution in [0.4, 0.5) is 8.78 Å². The molecule has 21 heavy (non-hydrogen) atoms. The van der Waals surface area contributed by atoms with Gasteiger partial charge in [0.1, 0.15) is 0 Å². The molecular weight excluding hydrogens is 298 g/mol. The summed E-state index contributed by atoms with van der Waals surface area (Å²) in [6.45, 7) is 1.51. The van der Waals surface area contributed by atoms with E-state index in [9.17, 15) is 18.7 Å². The third kappa shape index (κ3) is 2.13. The summed E-state index contributed by atoms with van der Waals surface area (Å²) in [6, 6.07) is 7.19. The van der Waals surface area contributed by atoms with Crippen LogP contribution in [0, 0.1) is 0 Å². The van der Waals surface area contributed by atoms with Crippen LogP contribution in [0.3, 0.4) is 0 Å². The fourth-order valence-electron chi connectivity index (χ4n) is 2.39. The van der Waals surface area contributed by atoms with Crippen LogP contribution in [-0.2, 0) is 0 Å². The van der Waals surface area contributed by atoms with Crippen molar-refractivity contribution >= 4 is 33.0 Å². The average molecular weight is 310 g/mol. The van der Waals surface area contributed by atoms with Gasteiger partial charge in [-0.25, -0.2) is 8.78 Å². The Bertz CT molecular complexity index is 743. The zero-order valence-electron chi connectivity index (χ0n) is 11.1. The average Bonchev–Trinajstić information content (AvgIpc) is 3.00. The second-order valence-corrected chi connectivity index (χ2v) is 5.87. The Labute approximate surface area is 123 Å². The van der Waals surface area contributed by atoms with Crippen LogP contribution in [0.2, 0.25) is 0 Å². The molecule has 7 heteroatoms. The van der Waals surface area contributed by atoms with Crippen LogP contribution in [0.25, 0.3) is 10.1 Å². The quantitative estimate of drug-likeness (QED) is 0.927. The molecule has 0 radical (unpaired) electrons. The number of hydrogen-bond acceptors (Lipinski definition) is 4. The lowest BCUT2D eigenvalue weighted by Gasteiger charge is -2.29. The second-order valence-electron chi connectivity index (χ2n) is 4.95. The van der Waals surface area contributed by atoms with Gasteiger partial charge in [0, 0.05) is 27.6 Å². The monoisotopic (exact) mass is 310 g/mol. The van der Waals surface area contributed by atoms with E-state index in [2.05, 4.69) is 5.10 Å². The summed E-state index contributed by atoms with van der Waals surface area (Å²) >= 11 is 1.35. The van der Waals surface area contributed by atoms with Gasteiger partial charge >= 0.3 is 0 Å². The molecule has 0 unspecified atom stereocenters. The molecule has 0 fully saturated rings. The van der Waals surface area contributed by atoms with Crippen molar-refractivity contribution in [3.8, 4) is 0 Å². The number of rotatable bonds is 2. The van der Waals surface area contributed by atoms with E-state index in [0.717, 1.165) is 4.70 Å². The first-order valence-corrected chi connectivity index (χ1v) is 7.17. The highest BCUT2D eigenvalue weighted by Gasteiger charge is 2.51. The minimum Gasteiger partial charge on any atom is -0.364 e. The highest BCUT2D eigenvalue weighted by Crippen LogP contribution is 2.35. The lowest BCUT2D eigenvalue weighted by Crippen LogP contribution is -2.51. The molecule has 1 N–H and O–H groups in total. The summed E-state index contributed by atoms with van der Waals surface area (Å²) in [5, 5.41) is 16.7. The van der Waals surface area contributed by atoms with E-state index in [-0.39, 0.29) is 12.0 Å². The minimum atomic E-state index is -3.09. The number of benzene rings is 1. The fraction of sp³-hybridized carbons (Fsp3) is 0.286. The van der Waals surface area contributed by atoms with E-state index in [1.165, 1.54) is 18.3 Å². The second kappa shape index (κ2) is 4.85. The molecule has 0 saturated heterocycles. The molecular formula is C14H12F2N2O2S. The summed E-state index contributed by atoms with van der Waals surface area (Å²) < 4.78 is 27.2. The standard InChI is InChI=1S/C14H12F2N2O2S/c1-8-6-14(20,13(15)16)18(17-8)12(19)10-7-21-11-5-3-2-4-9(10)11/h2-5,7,13,20H,6H2,1H3/t14-/m1/s1. The number of aliphatic hydroxyl groups is 1. The smallest absolute Gasteiger partial charge is 0.287 e. The minimum absolute atomic E-state index is 0.271. The van der Waals surface area contributed by atoms with Gasteiger partial charge < -0.3 is 5.11 Å². The van der Waals surface area contributed by atoms with Crippen LogP contribution in [0.15, 0.2) is 34.7 Å². The van der Waals surface area contributed by atoms with Gasteiger partial charge in [0.15, 0.2) is 0 Å². The van der Waals surface area contributed by atoms with Gasteiger partial charge in [-0.1, -0.05) is 18.2 Å². The van der Waals surface area contributed by atoms with Gasteiger partial charge in [-0.3, -0.25) is 4.79 Å². The van der Waals surface area contributed by atoms with Crippen molar-refractivity contribution in [2.24, 2.45) is 5.10 Å². The Hall–Kier alpha value is -1.86. The summed E-state index contributed by atoms with van der Waals surface area (Å²) in [6.07, 6.45) is -3.44. The number of thiophene rings is 1. The van der Waals surface area contributed by atoms with Crippen LogP contribution < -0.4 is 0 Å². The maximum Gasteiger partial charge on any atom is 0.287 e. The summed E-state index contributed by atoms with van der Waals surface area (Å²) in [4.78, 5) is 12.5. The Morgan fingerprint density at radius 1 is 1.48 bits per heavy atom. The van der Waals surface area contributed by atoms with Crippen molar-refractivity contribution in [3.05, 3.63) is 35.2 Å². The van der Waals surface area contributed by atoms with Crippen LogP contribution in [0.5, 0.6) is 0 Å². The van der Waals surface area contributed by atoms with E-state index in [4.69, 9.17) is 0 Å². The summed E-state index contributed by atoms with van der Waals surface area (Å²) in [7, 11) is 0. The largest absolute Gasteiger partial charge is 0.364 e. The first-order valence-electron chi connectivity index (χ1n) is 6.29. The molecule has 1 amide bonds. The molecule has 110 valence electrons. The number of amides is 1. The molecule has 0 aliphatic carbocycles. The molecule has 1 aromatic carbocycles. The van der Waals surface area contributed by atoms with Gasteiger partial charge in [0.2, 0.25) is 5.72 Å². The zero-order chi connectivity index (χ0) is 15.2. The van der Waals surface area contributed by atoms with Crippen molar-refractivity contribution in [3.63, 3.8) is 0 Å². The van der Waals surface area contributed by atoms with Gasteiger partial charge in [-0.2, -0.15) is 10.1 Å². The maximum atomic E-state index is 13.1. The number of fused-ring (bicyclic) bond motifs is 1. The van der Waals surface area contributed by atoms with E-state index >= 15 is 0 Å². The number of alkyl halides is 2. The third-order valence-corrected chi connectivity index (χ3v) is 4.37. The molecule has 1 aliphatic heterocycles. The van der Waals surface area contributed by atoms with Crippen molar-refractivity contribution in [1.82, 2.24) is 5.01 Å². The molecule has 2 heterocycles. The van der Waals surface area contributed by atoms with E-state index in [1.807, 2.05) is 12.1 Å². The summed E-state index contributed by atoms with van der Waals surface area (Å²) in [5.74, 6) is -0.716. The van der Waals surface area contributed by atoms with E-state index < -0.39 is 18.1 Å². The fourth-order valence-corrected chi connectivity index (χ4v) is 3.33. The lowest BCUT2D eigenvalue weighted by atomic mass is 10.1. The van der Waals surface area contributed by atoms with Crippen LogP contribution in [-0.4, -0.2) is 33.9 Å². The zero-order valence-corrected chi connectivity index (χ0v) is 11.9.